The summed E-state index contributed by atoms with van der Waals surface area (Å²) in [6.45, 7) is 2.02. The first-order valence-electron chi connectivity index (χ1n) is 7.86. The molecule has 1 aliphatic rings. The van der Waals surface area contributed by atoms with Crippen LogP contribution in [0.25, 0.3) is 0 Å². The fraction of sp³-hybridized carbons (Fsp3) is 0.263. The van der Waals surface area contributed by atoms with Crippen molar-refractivity contribution in [1.82, 2.24) is 0 Å². The predicted octanol–water partition coefficient (Wildman–Crippen LogP) is 3.55. The van der Waals surface area contributed by atoms with Crippen molar-refractivity contribution in [3.63, 3.8) is 0 Å². The van der Waals surface area contributed by atoms with Gasteiger partial charge < -0.3 is 4.79 Å². The summed E-state index contributed by atoms with van der Waals surface area (Å²) in [5, 5.41) is 8.88. The maximum absolute atomic E-state index is 13.0. The molecule has 6 heteroatoms. The van der Waals surface area contributed by atoms with Gasteiger partial charge in [-0.2, -0.15) is 5.26 Å². The number of nitrogens with zero attached hydrogens (tertiary/aromatic N) is 1. The van der Waals surface area contributed by atoms with Crippen molar-refractivity contribution < 1.29 is 13.2 Å². The highest BCUT2D eigenvalue weighted by Gasteiger charge is 2.72. The average Bonchev–Trinajstić information content (AvgIpc) is 3.33. The maximum Gasteiger partial charge on any atom is 0.183 e. The smallest absolute Gasteiger partial charge is 0.183 e. The molecular formula is C19H16ClNO3S. The molecule has 25 heavy (non-hydrogen) atoms. The molecular weight excluding hydrogens is 358 g/mol. The number of aryl methyl sites for hydroxylation is 1. The molecule has 2 aromatic carbocycles. The first kappa shape index (κ1) is 17.7. The second-order valence-electron chi connectivity index (χ2n) is 6.16. The lowest BCUT2D eigenvalue weighted by Gasteiger charge is -2.05. The molecule has 0 aliphatic heterocycles. The van der Waals surface area contributed by atoms with Crippen LogP contribution >= 0.6 is 11.6 Å². The van der Waals surface area contributed by atoms with Gasteiger partial charge in [0.25, 0.3) is 0 Å². The minimum Gasteiger partial charge on any atom is -0.302 e. The molecule has 0 amide bonds. The van der Waals surface area contributed by atoms with Crippen LogP contribution in [-0.4, -0.2) is 20.0 Å². The highest BCUT2D eigenvalue weighted by atomic mass is 35.5. The number of halogens is 1. The first-order chi connectivity index (χ1) is 11.9. The van der Waals surface area contributed by atoms with E-state index in [1.165, 1.54) is 24.3 Å². The normalized spacial score (nSPS) is 25.2. The van der Waals surface area contributed by atoms with E-state index in [2.05, 4.69) is 0 Å². The van der Waals surface area contributed by atoms with Gasteiger partial charge in [-0.3, -0.25) is 0 Å². The number of hydrogen-bond acceptors (Lipinski definition) is 4. The zero-order valence-electron chi connectivity index (χ0n) is 13.5. The number of rotatable bonds is 5. The van der Waals surface area contributed by atoms with Crippen LogP contribution in [0.1, 0.15) is 24.0 Å². The molecule has 1 fully saturated rings. The maximum atomic E-state index is 13.0. The summed E-state index contributed by atoms with van der Waals surface area (Å²) in [5.41, 5.74) is 0.246. The Morgan fingerprint density at radius 2 is 1.76 bits per heavy atom. The van der Waals surface area contributed by atoms with E-state index in [1.807, 2.05) is 25.1 Å². The number of carbonyl (C=O) groups is 1. The van der Waals surface area contributed by atoms with Crippen LogP contribution in [0.4, 0.5) is 0 Å². The third-order valence-corrected chi connectivity index (χ3v) is 7.30. The summed E-state index contributed by atoms with van der Waals surface area (Å²) < 4.78 is 26.0. The molecule has 0 radical (unpaired) electrons. The molecule has 3 rings (SSSR count). The second-order valence-corrected chi connectivity index (χ2v) is 8.66. The SMILES string of the molecule is CCc1ccc([C@H]2[C@H](S(=O)(=O)c3ccc(Cl)cc3)[C@]2(C#N)C=O)cc1. The Bertz CT molecular complexity index is 946. The summed E-state index contributed by atoms with van der Waals surface area (Å²) in [4.78, 5) is 11.7. The van der Waals surface area contributed by atoms with Gasteiger partial charge in [-0.05, 0) is 41.8 Å². The van der Waals surface area contributed by atoms with E-state index in [0.717, 1.165) is 12.0 Å². The van der Waals surface area contributed by atoms with Gasteiger partial charge in [0.2, 0.25) is 0 Å². The lowest BCUT2D eigenvalue weighted by molar-refractivity contribution is -0.110. The van der Waals surface area contributed by atoms with E-state index >= 15 is 0 Å². The van der Waals surface area contributed by atoms with E-state index < -0.39 is 26.4 Å². The van der Waals surface area contributed by atoms with E-state index in [1.54, 1.807) is 12.1 Å². The Hall–Kier alpha value is -2.16. The van der Waals surface area contributed by atoms with Gasteiger partial charge >= 0.3 is 0 Å². The highest BCUT2D eigenvalue weighted by Crippen LogP contribution is 2.62. The molecule has 0 saturated heterocycles. The molecule has 0 heterocycles. The number of nitriles is 1. The monoisotopic (exact) mass is 373 g/mol. The predicted molar refractivity (Wildman–Crippen MR) is 95.1 cm³/mol. The van der Waals surface area contributed by atoms with Crippen molar-refractivity contribution in [3.8, 4) is 6.07 Å². The lowest BCUT2D eigenvalue weighted by atomic mass is 10.0. The van der Waals surface area contributed by atoms with E-state index in [4.69, 9.17) is 11.6 Å². The van der Waals surface area contributed by atoms with Gasteiger partial charge in [0, 0.05) is 10.9 Å². The Balaban J connectivity index is 2.05. The molecule has 2 aromatic rings. The van der Waals surface area contributed by atoms with Crippen LogP contribution < -0.4 is 0 Å². The second kappa shape index (κ2) is 6.29. The summed E-state index contributed by atoms with van der Waals surface area (Å²) >= 11 is 5.82. The molecule has 3 atom stereocenters. The van der Waals surface area contributed by atoms with Crippen molar-refractivity contribution in [3.05, 3.63) is 64.7 Å². The zero-order valence-corrected chi connectivity index (χ0v) is 15.1. The van der Waals surface area contributed by atoms with Gasteiger partial charge in [0.1, 0.15) is 17.0 Å². The molecule has 4 nitrogen and oxygen atoms in total. The van der Waals surface area contributed by atoms with Crippen molar-refractivity contribution in [2.45, 2.75) is 29.4 Å². The average molecular weight is 374 g/mol. The van der Waals surface area contributed by atoms with Crippen molar-refractivity contribution in [2.24, 2.45) is 5.41 Å². The van der Waals surface area contributed by atoms with Crippen LogP contribution in [-0.2, 0) is 21.1 Å². The summed E-state index contributed by atoms with van der Waals surface area (Å²) in [7, 11) is -3.84. The largest absolute Gasteiger partial charge is 0.302 e. The molecule has 0 spiro atoms. The number of benzene rings is 2. The Kier molecular flexibility index (Phi) is 4.44. The molecule has 0 aromatic heterocycles. The van der Waals surface area contributed by atoms with Gasteiger partial charge in [-0.15, -0.1) is 0 Å². The fourth-order valence-corrected chi connectivity index (χ4v) is 5.66. The van der Waals surface area contributed by atoms with Crippen LogP contribution in [0.2, 0.25) is 5.02 Å². The molecule has 0 bridgehead atoms. The van der Waals surface area contributed by atoms with E-state index in [9.17, 15) is 18.5 Å². The van der Waals surface area contributed by atoms with Gasteiger partial charge in [-0.1, -0.05) is 42.8 Å². The summed E-state index contributed by atoms with van der Waals surface area (Å²) in [6.07, 6.45) is 1.33. The van der Waals surface area contributed by atoms with Crippen LogP contribution in [0.3, 0.4) is 0 Å². The standard InChI is InChI=1S/C19H16ClNO3S/c1-2-13-3-5-14(6-4-13)17-18(19(17,11-21)12-22)25(23,24)16-9-7-15(20)8-10-16/h3-10,12,17-18H,2H2,1H3/t17-,18-,19+/m0/s1. The third kappa shape index (κ3) is 2.76. The molecule has 128 valence electrons. The Morgan fingerprint density at radius 1 is 1.16 bits per heavy atom. The van der Waals surface area contributed by atoms with Crippen molar-refractivity contribution in [1.29, 1.82) is 5.26 Å². The summed E-state index contributed by atoms with van der Waals surface area (Å²) in [6, 6.07) is 15.1. The molecule has 0 N–H and O–H groups in total. The number of carbonyl (C=O) groups excluding carboxylic acids is 1. The zero-order chi connectivity index (χ0) is 18.2. The minimum absolute atomic E-state index is 0.0658. The molecule has 1 saturated carbocycles. The van der Waals surface area contributed by atoms with E-state index in [0.29, 0.717) is 16.9 Å². The number of sulfone groups is 1. The Morgan fingerprint density at radius 3 is 2.24 bits per heavy atom. The van der Waals surface area contributed by atoms with Gasteiger partial charge in [-0.25, -0.2) is 8.42 Å². The fourth-order valence-electron chi connectivity index (χ4n) is 3.29. The molecule has 1 aliphatic carbocycles. The van der Waals surface area contributed by atoms with Gasteiger partial charge in [0.05, 0.1) is 11.0 Å². The number of aldehydes is 1. The van der Waals surface area contributed by atoms with Crippen LogP contribution in [0.15, 0.2) is 53.4 Å². The molecule has 0 unspecified atom stereocenters. The summed E-state index contributed by atoms with van der Waals surface area (Å²) in [5.74, 6) is -0.665. The van der Waals surface area contributed by atoms with Crippen molar-refractivity contribution >= 4 is 27.7 Å². The van der Waals surface area contributed by atoms with Crippen molar-refractivity contribution in [2.75, 3.05) is 0 Å². The third-order valence-electron chi connectivity index (χ3n) is 4.79. The number of hydrogen-bond donors (Lipinski definition) is 0. The highest BCUT2D eigenvalue weighted by molar-refractivity contribution is 7.92. The van der Waals surface area contributed by atoms with Crippen LogP contribution in [0.5, 0.6) is 0 Å². The first-order valence-corrected chi connectivity index (χ1v) is 9.79. The topological polar surface area (TPSA) is 75.0 Å². The van der Waals surface area contributed by atoms with E-state index in [-0.39, 0.29) is 4.90 Å². The van der Waals surface area contributed by atoms with Gasteiger partial charge in [0.15, 0.2) is 9.84 Å². The Labute approximate surface area is 152 Å². The quantitative estimate of drug-likeness (QED) is 0.751. The lowest BCUT2D eigenvalue weighted by Crippen LogP contribution is -2.16. The minimum atomic E-state index is -3.84. The van der Waals surface area contributed by atoms with Crippen LogP contribution in [0, 0.1) is 16.7 Å².